The zero-order chi connectivity index (χ0) is 12.1. The molecule has 16 heavy (non-hydrogen) atoms. The molecule has 0 heterocycles. The molecule has 82 valence electrons. The molecule has 0 unspecified atom stereocenters. The van der Waals surface area contributed by atoms with E-state index in [1.807, 2.05) is 0 Å². The zero-order valence-corrected chi connectivity index (χ0v) is 9.15. The van der Waals surface area contributed by atoms with Crippen LogP contribution in [-0.2, 0) is 9.53 Å². The van der Waals surface area contributed by atoms with E-state index in [1.165, 1.54) is 31.4 Å². The predicted molar refractivity (Wildman–Crippen MR) is 58.7 cm³/mol. The SMILES string of the molecule is COC(=O)C(C#N)=Cc1ccc(O)c(Cl)c1. The van der Waals surface area contributed by atoms with Crippen molar-refractivity contribution in [3.8, 4) is 11.8 Å². The van der Waals surface area contributed by atoms with Crippen molar-refractivity contribution in [1.29, 1.82) is 5.26 Å². The Balaban J connectivity index is 3.10. The highest BCUT2D eigenvalue weighted by molar-refractivity contribution is 6.32. The zero-order valence-electron chi connectivity index (χ0n) is 8.40. The normalized spacial score (nSPS) is 10.7. The summed E-state index contributed by atoms with van der Waals surface area (Å²) in [6.45, 7) is 0. The molecule has 0 bridgehead atoms. The van der Waals surface area contributed by atoms with Crippen molar-refractivity contribution < 1.29 is 14.6 Å². The number of nitrogens with zero attached hydrogens (tertiary/aromatic N) is 1. The first kappa shape index (κ1) is 12.1. The number of methoxy groups -OCH3 is 1. The average Bonchev–Trinajstić information content (AvgIpc) is 2.29. The Hall–Kier alpha value is -1.99. The second kappa shape index (κ2) is 5.19. The number of aromatic hydroxyl groups is 1. The fourth-order valence-electron chi connectivity index (χ4n) is 1.03. The molecule has 1 aromatic carbocycles. The molecule has 0 aliphatic rings. The first-order valence-electron chi connectivity index (χ1n) is 4.27. The fourth-order valence-corrected chi connectivity index (χ4v) is 1.22. The molecule has 0 saturated heterocycles. The Bertz CT molecular complexity index is 488. The smallest absolute Gasteiger partial charge is 0.348 e. The molecule has 4 nitrogen and oxygen atoms in total. The van der Waals surface area contributed by atoms with Gasteiger partial charge in [-0.3, -0.25) is 0 Å². The van der Waals surface area contributed by atoms with E-state index in [4.69, 9.17) is 16.9 Å². The lowest BCUT2D eigenvalue weighted by Gasteiger charge is -1.99. The maximum absolute atomic E-state index is 11.1. The third kappa shape index (κ3) is 2.75. The fraction of sp³-hybridized carbons (Fsp3) is 0.0909. The maximum atomic E-state index is 11.1. The summed E-state index contributed by atoms with van der Waals surface area (Å²) in [5.41, 5.74) is 0.397. The number of rotatable bonds is 2. The first-order valence-corrected chi connectivity index (χ1v) is 4.65. The monoisotopic (exact) mass is 237 g/mol. The van der Waals surface area contributed by atoms with Gasteiger partial charge in [-0.2, -0.15) is 5.26 Å². The number of nitriles is 1. The minimum absolute atomic E-state index is 0.0598. The molecule has 0 aliphatic heterocycles. The van der Waals surface area contributed by atoms with Crippen LogP contribution in [0.1, 0.15) is 5.56 Å². The average molecular weight is 238 g/mol. The number of ether oxygens (including phenoxy) is 1. The van der Waals surface area contributed by atoms with Crippen LogP contribution in [0.2, 0.25) is 5.02 Å². The summed E-state index contributed by atoms with van der Waals surface area (Å²) in [5, 5.41) is 18.0. The number of benzene rings is 1. The highest BCUT2D eigenvalue weighted by atomic mass is 35.5. The van der Waals surface area contributed by atoms with Gasteiger partial charge in [0.1, 0.15) is 17.4 Å². The molecule has 0 atom stereocenters. The summed E-state index contributed by atoms with van der Waals surface area (Å²) in [6, 6.07) is 6.06. The Labute approximate surface area is 97.3 Å². The molecule has 0 aliphatic carbocycles. The van der Waals surface area contributed by atoms with E-state index in [0.717, 1.165) is 0 Å². The van der Waals surface area contributed by atoms with Gasteiger partial charge in [-0.1, -0.05) is 17.7 Å². The summed E-state index contributed by atoms with van der Waals surface area (Å²) in [7, 11) is 1.19. The van der Waals surface area contributed by atoms with Gasteiger partial charge in [0.25, 0.3) is 0 Å². The van der Waals surface area contributed by atoms with Gasteiger partial charge in [-0.05, 0) is 23.8 Å². The molecule has 1 aromatic rings. The topological polar surface area (TPSA) is 70.3 Å². The number of carbonyl (C=O) groups is 1. The van der Waals surface area contributed by atoms with Crippen molar-refractivity contribution >= 4 is 23.6 Å². The van der Waals surface area contributed by atoms with Crippen molar-refractivity contribution in [1.82, 2.24) is 0 Å². The van der Waals surface area contributed by atoms with E-state index in [2.05, 4.69) is 4.74 Å². The van der Waals surface area contributed by atoms with Crippen molar-refractivity contribution in [3.63, 3.8) is 0 Å². The minimum atomic E-state index is -0.716. The van der Waals surface area contributed by atoms with Crippen molar-refractivity contribution in [2.75, 3.05) is 7.11 Å². The number of phenolic OH excluding ortho intramolecular Hbond substituents is 1. The van der Waals surface area contributed by atoms with Crippen LogP contribution in [0.25, 0.3) is 6.08 Å². The second-order valence-electron chi connectivity index (χ2n) is 2.87. The highest BCUT2D eigenvalue weighted by Gasteiger charge is 2.08. The molecular formula is C11H8ClNO3. The number of hydrogen-bond donors (Lipinski definition) is 1. The summed E-state index contributed by atoms with van der Waals surface area (Å²) in [4.78, 5) is 11.1. The Morgan fingerprint density at radius 1 is 1.62 bits per heavy atom. The lowest BCUT2D eigenvalue weighted by atomic mass is 10.1. The Kier molecular flexibility index (Phi) is 3.92. The van der Waals surface area contributed by atoms with Crippen LogP contribution in [0.5, 0.6) is 5.75 Å². The van der Waals surface area contributed by atoms with Crippen molar-refractivity contribution in [2.45, 2.75) is 0 Å². The molecule has 0 fully saturated rings. The molecular weight excluding hydrogens is 230 g/mol. The van der Waals surface area contributed by atoms with Crippen LogP contribution >= 0.6 is 11.6 Å². The van der Waals surface area contributed by atoms with Crippen LogP contribution < -0.4 is 0 Å². The quantitative estimate of drug-likeness (QED) is 0.486. The molecule has 5 heteroatoms. The molecule has 1 N–H and O–H groups in total. The molecule has 0 saturated carbocycles. The van der Waals surface area contributed by atoms with E-state index >= 15 is 0 Å². The number of carbonyl (C=O) groups excluding carboxylic acids is 1. The van der Waals surface area contributed by atoms with Gasteiger partial charge in [0.2, 0.25) is 0 Å². The standard InChI is InChI=1S/C11H8ClNO3/c1-16-11(15)8(6-13)4-7-2-3-10(14)9(12)5-7/h2-5,14H,1H3. The summed E-state index contributed by atoms with van der Waals surface area (Å²) in [6.07, 6.45) is 1.33. The largest absolute Gasteiger partial charge is 0.506 e. The van der Waals surface area contributed by atoms with Gasteiger partial charge < -0.3 is 9.84 Å². The van der Waals surface area contributed by atoms with Gasteiger partial charge in [0.15, 0.2) is 0 Å². The molecule has 0 aromatic heterocycles. The van der Waals surface area contributed by atoms with E-state index in [1.54, 1.807) is 6.07 Å². The summed E-state index contributed by atoms with van der Waals surface area (Å²) < 4.78 is 4.42. The summed E-state index contributed by atoms with van der Waals surface area (Å²) >= 11 is 5.68. The van der Waals surface area contributed by atoms with Gasteiger partial charge in [0, 0.05) is 0 Å². The molecule has 1 rings (SSSR count). The highest BCUT2D eigenvalue weighted by Crippen LogP contribution is 2.24. The van der Waals surface area contributed by atoms with Crippen molar-refractivity contribution in [3.05, 3.63) is 34.4 Å². The Morgan fingerprint density at radius 3 is 2.81 bits per heavy atom. The van der Waals surface area contributed by atoms with Gasteiger partial charge >= 0.3 is 5.97 Å². The van der Waals surface area contributed by atoms with E-state index in [-0.39, 0.29) is 16.3 Å². The lowest BCUT2D eigenvalue weighted by Crippen LogP contribution is -2.02. The third-order valence-electron chi connectivity index (χ3n) is 1.81. The summed E-state index contributed by atoms with van der Waals surface area (Å²) in [5.74, 6) is -0.776. The van der Waals surface area contributed by atoms with Crippen LogP contribution in [-0.4, -0.2) is 18.2 Å². The van der Waals surface area contributed by atoms with E-state index in [0.29, 0.717) is 5.56 Å². The number of phenols is 1. The predicted octanol–water partition coefficient (Wildman–Crippen LogP) is 2.13. The minimum Gasteiger partial charge on any atom is -0.506 e. The maximum Gasteiger partial charge on any atom is 0.348 e. The van der Waals surface area contributed by atoms with Gasteiger partial charge in [-0.25, -0.2) is 4.79 Å². The molecule has 0 radical (unpaired) electrons. The van der Waals surface area contributed by atoms with Gasteiger partial charge in [-0.15, -0.1) is 0 Å². The Morgan fingerprint density at radius 2 is 2.31 bits per heavy atom. The number of hydrogen-bond acceptors (Lipinski definition) is 4. The van der Waals surface area contributed by atoms with E-state index in [9.17, 15) is 9.90 Å². The number of halogens is 1. The first-order chi connectivity index (χ1) is 7.58. The van der Waals surface area contributed by atoms with Crippen LogP contribution in [0.4, 0.5) is 0 Å². The van der Waals surface area contributed by atoms with Crippen LogP contribution in [0.3, 0.4) is 0 Å². The third-order valence-corrected chi connectivity index (χ3v) is 2.11. The van der Waals surface area contributed by atoms with Crippen LogP contribution in [0.15, 0.2) is 23.8 Å². The lowest BCUT2D eigenvalue weighted by molar-refractivity contribution is -0.135. The number of esters is 1. The van der Waals surface area contributed by atoms with E-state index < -0.39 is 5.97 Å². The van der Waals surface area contributed by atoms with Gasteiger partial charge in [0.05, 0.1) is 12.1 Å². The van der Waals surface area contributed by atoms with Crippen molar-refractivity contribution in [2.24, 2.45) is 0 Å². The van der Waals surface area contributed by atoms with Crippen LogP contribution in [0, 0.1) is 11.3 Å². The molecule has 0 spiro atoms. The molecule has 0 amide bonds. The second-order valence-corrected chi connectivity index (χ2v) is 3.28.